The van der Waals surface area contributed by atoms with Crippen molar-refractivity contribution in [2.45, 2.75) is 25.8 Å². The van der Waals surface area contributed by atoms with E-state index in [-0.39, 0.29) is 5.57 Å². The number of esters is 2. The molecule has 2 aliphatic heterocycles. The van der Waals surface area contributed by atoms with Crippen LogP contribution in [-0.4, -0.2) is 42.6 Å². The highest BCUT2D eigenvalue weighted by atomic mass is 35.5. The van der Waals surface area contributed by atoms with Crippen LogP contribution < -0.4 is 10.2 Å². The van der Waals surface area contributed by atoms with E-state index in [2.05, 4.69) is 10.3 Å². The van der Waals surface area contributed by atoms with E-state index < -0.39 is 29.8 Å². The normalized spacial score (nSPS) is 19.9. The van der Waals surface area contributed by atoms with Gasteiger partial charge in [-0.3, -0.25) is 4.79 Å². The average Bonchev–Trinajstić information content (AvgIpc) is 2.83. The second-order valence-electron chi connectivity index (χ2n) is 7.71. The number of benzodiazepines with no additional fused rings is 1. The Kier molecular flexibility index (Phi) is 5.48. The molecule has 2 heterocycles. The van der Waals surface area contributed by atoms with E-state index in [0.717, 1.165) is 11.8 Å². The van der Waals surface area contributed by atoms with Crippen molar-refractivity contribution >= 4 is 40.8 Å². The van der Waals surface area contributed by atoms with Crippen LogP contribution >= 0.6 is 11.6 Å². The SMILES string of the molecule is CN1C(=O)C(NC=C2C(=O)OC(C)(C)OC2=O)N=C(c2ccccc2)c2cc(Cl)ccc21. The Balaban J connectivity index is 1.76. The fraction of sp³-hybridized carbons (Fsp3) is 0.217. The minimum absolute atomic E-state index is 0.360. The number of cyclic esters (lactones) is 2. The molecule has 1 saturated heterocycles. The van der Waals surface area contributed by atoms with Crippen LogP contribution in [0.25, 0.3) is 0 Å². The number of amides is 1. The van der Waals surface area contributed by atoms with Crippen molar-refractivity contribution in [1.29, 1.82) is 0 Å². The van der Waals surface area contributed by atoms with Crippen molar-refractivity contribution in [2.75, 3.05) is 11.9 Å². The number of halogens is 1. The first-order valence-corrected chi connectivity index (χ1v) is 10.2. The summed E-state index contributed by atoms with van der Waals surface area (Å²) in [6, 6.07) is 14.5. The van der Waals surface area contributed by atoms with Crippen LogP contribution in [-0.2, 0) is 23.9 Å². The number of nitrogens with one attached hydrogen (secondary N) is 1. The fourth-order valence-corrected chi connectivity index (χ4v) is 3.59. The predicted octanol–water partition coefficient (Wildman–Crippen LogP) is 2.79. The summed E-state index contributed by atoms with van der Waals surface area (Å²) in [5.41, 5.74) is 2.25. The number of fused-ring (bicyclic) bond motifs is 1. The minimum atomic E-state index is -1.36. The van der Waals surface area contributed by atoms with Crippen molar-refractivity contribution in [3.8, 4) is 0 Å². The zero-order chi connectivity index (χ0) is 23.0. The van der Waals surface area contributed by atoms with Gasteiger partial charge in [0.15, 0.2) is 11.7 Å². The number of rotatable bonds is 3. The number of carbonyl (C=O) groups excluding carboxylic acids is 3. The van der Waals surface area contributed by atoms with Gasteiger partial charge in [0.1, 0.15) is 0 Å². The van der Waals surface area contributed by atoms with Crippen molar-refractivity contribution in [2.24, 2.45) is 4.99 Å². The average molecular weight is 454 g/mol. The van der Waals surface area contributed by atoms with E-state index in [1.807, 2.05) is 30.3 Å². The number of ether oxygens (including phenoxy) is 2. The number of likely N-dealkylation sites (N-methyl/N-ethyl adjacent to an activating group) is 1. The van der Waals surface area contributed by atoms with Gasteiger partial charge in [0.05, 0.1) is 11.4 Å². The molecule has 0 radical (unpaired) electrons. The summed E-state index contributed by atoms with van der Waals surface area (Å²) in [7, 11) is 1.62. The number of aliphatic imine (C=N–C) groups is 1. The third-order valence-electron chi connectivity index (χ3n) is 4.95. The molecule has 1 unspecified atom stereocenters. The van der Waals surface area contributed by atoms with Crippen molar-refractivity contribution in [1.82, 2.24) is 5.32 Å². The van der Waals surface area contributed by atoms with Gasteiger partial charge in [-0.2, -0.15) is 0 Å². The molecular formula is C23H20ClN3O5. The molecule has 1 atom stereocenters. The van der Waals surface area contributed by atoms with Gasteiger partial charge >= 0.3 is 11.9 Å². The third kappa shape index (κ3) is 4.09. The monoisotopic (exact) mass is 453 g/mol. The molecule has 0 saturated carbocycles. The summed E-state index contributed by atoms with van der Waals surface area (Å²) < 4.78 is 10.2. The molecule has 0 bridgehead atoms. The molecule has 1 N–H and O–H groups in total. The highest BCUT2D eigenvalue weighted by Crippen LogP contribution is 2.30. The topological polar surface area (TPSA) is 97.3 Å². The predicted molar refractivity (Wildman–Crippen MR) is 118 cm³/mol. The van der Waals surface area contributed by atoms with Gasteiger partial charge in [-0.15, -0.1) is 0 Å². The largest absolute Gasteiger partial charge is 0.419 e. The molecule has 0 spiro atoms. The van der Waals surface area contributed by atoms with Gasteiger partial charge in [0.2, 0.25) is 0 Å². The molecule has 9 heteroatoms. The summed E-state index contributed by atoms with van der Waals surface area (Å²) in [4.78, 5) is 43.7. The lowest BCUT2D eigenvalue weighted by molar-refractivity contribution is -0.222. The van der Waals surface area contributed by atoms with E-state index in [4.69, 9.17) is 21.1 Å². The molecule has 8 nitrogen and oxygen atoms in total. The summed E-state index contributed by atoms with van der Waals surface area (Å²) in [6.45, 7) is 2.91. The van der Waals surface area contributed by atoms with Crippen molar-refractivity contribution < 1.29 is 23.9 Å². The quantitative estimate of drug-likeness (QED) is 0.436. The van der Waals surface area contributed by atoms with Crippen LogP contribution in [0, 0.1) is 0 Å². The van der Waals surface area contributed by atoms with Crippen LogP contribution in [0.3, 0.4) is 0 Å². The fourth-order valence-electron chi connectivity index (χ4n) is 3.42. The number of benzene rings is 2. The Morgan fingerprint density at radius 2 is 1.72 bits per heavy atom. The van der Waals surface area contributed by atoms with Gasteiger partial charge in [-0.25, -0.2) is 14.6 Å². The van der Waals surface area contributed by atoms with E-state index in [1.165, 1.54) is 18.7 Å². The standard InChI is InChI=1S/C23H20ClN3O5/c1-23(2)31-21(29)16(22(30)32-23)12-25-19-20(28)27(3)17-10-9-14(24)11-15(17)18(26-19)13-7-5-4-6-8-13/h4-12,19,25H,1-3H3. The number of hydrogen-bond donors (Lipinski definition) is 1. The highest BCUT2D eigenvalue weighted by molar-refractivity contribution is 6.32. The molecule has 0 aromatic heterocycles. The zero-order valence-electron chi connectivity index (χ0n) is 17.6. The lowest BCUT2D eigenvalue weighted by Crippen LogP contribution is -2.44. The van der Waals surface area contributed by atoms with Crippen LogP contribution in [0.15, 0.2) is 65.3 Å². The molecule has 2 aromatic carbocycles. The Hall–Kier alpha value is -3.65. The molecule has 2 aromatic rings. The van der Waals surface area contributed by atoms with Crippen LogP contribution in [0.4, 0.5) is 5.69 Å². The lowest BCUT2D eigenvalue weighted by atomic mass is 10.0. The van der Waals surface area contributed by atoms with Gasteiger partial charge < -0.3 is 19.7 Å². The maximum absolute atomic E-state index is 13.2. The summed E-state index contributed by atoms with van der Waals surface area (Å²) in [6.07, 6.45) is -0.0183. The van der Waals surface area contributed by atoms with Crippen LogP contribution in [0.1, 0.15) is 25.0 Å². The lowest BCUT2D eigenvalue weighted by Gasteiger charge is -2.29. The first kappa shape index (κ1) is 21.6. The number of nitrogens with zero attached hydrogens (tertiary/aromatic N) is 2. The van der Waals surface area contributed by atoms with E-state index in [0.29, 0.717) is 22.0 Å². The molecule has 4 rings (SSSR count). The van der Waals surface area contributed by atoms with Gasteiger partial charge in [0.25, 0.3) is 11.7 Å². The maximum Gasteiger partial charge on any atom is 0.350 e. The van der Waals surface area contributed by atoms with Crippen LogP contribution in [0.2, 0.25) is 5.02 Å². The minimum Gasteiger partial charge on any atom is -0.419 e. The van der Waals surface area contributed by atoms with Crippen molar-refractivity contribution in [3.63, 3.8) is 0 Å². The van der Waals surface area contributed by atoms with Gasteiger partial charge in [-0.1, -0.05) is 41.9 Å². The molecule has 164 valence electrons. The van der Waals surface area contributed by atoms with E-state index >= 15 is 0 Å². The zero-order valence-corrected chi connectivity index (χ0v) is 18.3. The Morgan fingerprint density at radius 3 is 2.38 bits per heavy atom. The second kappa shape index (κ2) is 8.12. The molecule has 32 heavy (non-hydrogen) atoms. The third-order valence-corrected chi connectivity index (χ3v) is 5.18. The smallest absolute Gasteiger partial charge is 0.350 e. The molecule has 0 aliphatic carbocycles. The van der Waals surface area contributed by atoms with E-state index in [1.54, 1.807) is 25.2 Å². The van der Waals surface area contributed by atoms with Gasteiger partial charge in [-0.05, 0) is 18.2 Å². The number of carbonyl (C=O) groups is 3. The summed E-state index contributed by atoms with van der Waals surface area (Å²) >= 11 is 6.23. The Labute approximate surface area is 189 Å². The van der Waals surface area contributed by atoms with Crippen molar-refractivity contribution in [3.05, 3.63) is 76.5 Å². The highest BCUT2D eigenvalue weighted by Gasteiger charge is 2.39. The Bertz CT molecular complexity index is 1150. The number of anilines is 1. The first-order chi connectivity index (χ1) is 15.2. The molecule has 1 fully saturated rings. The molecule has 2 aliphatic rings. The van der Waals surface area contributed by atoms with E-state index in [9.17, 15) is 14.4 Å². The molecular weight excluding hydrogens is 434 g/mol. The Morgan fingerprint density at radius 1 is 1.06 bits per heavy atom. The van der Waals surface area contributed by atoms with Gasteiger partial charge in [0, 0.05) is 43.2 Å². The second-order valence-corrected chi connectivity index (χ2v) is 8.14. The summed E-state index contributed by atoms with van der Waals surface area (Å²) in [5.74, 6) is -3.45. The summed E-state index contributed by atoms with van der Waals surface area (Å²) in [5, 5.41) is 3.27. The maximum atomic E-state index is 13.2. The molecule has 1 amide bonds. The first-order valence-electron chi connectivity index (χ1n) is 9.80. The number of hydrogen-bond acceptors (Lipinski definition) is 7. The van der Waals surface area contributed by atoms with Crippen LogP contribution in [0.5, 0.6) is 0 Å².